The summed E-state index contributed by atoms with van der Waals surface area (Å²) in [6, 6.07) is 0.764. The number of thioether (sulfide) groups is 1. The molecule has 3 unspecified atom stereocenters. The molecule has 0 aromatic heterocycles. The predicted octanol–water partition coefficient (Wildman–Crippen LogP) is 5.10. The van der Waals surface area contributed by atoms with Crippen molar-refractivity contribution in [3.63, 3.8) is 0 Å². The van der Waals surface area contributed by atoms with Gasteiger partial charge < -0.3 is 5.32 Å². The molecule has 1 N–H and O–H groups in total. The molecule has 3 atom stereocenters. The summed E-state index contributed by atoms with van der Waals surface area (Å²) >= 11 is 2.24. The van der Waals surface area contributed by atoms with Gasteiger partial charge in [0.1, 0.15) is 0 Å². The van der Waals surface area contributed by atoms with Crippen LogP contribution in [0.25, 0.3) is 0 Å². The highest BCUT2D eigenvalue weighted by Gasteiger charge is 2.35. The van der Waals surface area contributed by atoms with Crippen molar-refractivity contribution in [3.05, 3.63) is 0 Å². The predicted molar refractivity (Wildman–Crippen MR) is 90.0 cm³/mol. The second-order valence-corrected chi connectivity index (χ2v) is 8.55. The van der Waals surface area contributed by atoms with Crippen molar-refractivity contribution in [2.45, 2.75) is 84.4 Å². The highest BCUT2D eigenvalue weighted by Crippen LogP contribution is 2.41. The molecule has 1 saturated carbocycles. The van der Waals surface area contributed by atoms with Crippen LogP contribution in [0.4, 0.5) is 0 Å². The number of unbranched alkanes of at least 4 members (excludes halogenated alkanes) is 1. The molecule has 0 aliphatic heterocycles. The van der Waals surface area contributed by atoms with Gasteiger partial charge in [0.15, 0.2) is 0 Å². The normalized spacial score (nSPS) is 28.6. The average Bonchev–Trinajstić information content (AvgIpc) is 2.36. The third-order valence-electron chi connectivity index (χ3n) is 4.50. The minimum atomic E-state index is 0.485. The second-order valence-electron chi connectivity index (χ2n) is 7.20. The smallest absolute Gasteiger partial charge is 0.0204 e. The summed E-state index contributed by atoms with van der Waals surface area (Å²) in [5, 5.41) is 4.64. The van der Waals surface area contributed by atoms with E-state index in [9.17, 15) is 0 Å². The van der Waals surface area contributed by atoms with Crippen LogP contribution in [-0.4, -0.2) is 23.6 Å². The zero-order chi connectivity index (χ0) is 14.3. The summed E-state index contributed by atoms with van der Waals surface area (Å²) in [5.74, 6) is 2.26. The van der Waals surface area contributed by atoms with Crippen molar-refractivity contribution in [2.24, 2.45) is 11.3 Å². The van der Waals surface area contributed by atoms with Gasteiger partial charge in [-0.05, 0) is 55.7 Å². The van der Waals surface area contributed by atoms with Gasteiger partial charge in [-0.1, -0.05) is 41.0 Å². The minimum Gasteiger partial charge on any atom is -0.313 e. The lowest BCUT2D eigenvalue weighted by atomic mass is 9.71. The van der Waals surface area contributed by atoms with E-state index in [2.05, 4.69) is 51.7 Å². The maximum atomic E-state index is 3.80. The molecule has 0 aromatic rings. The minimum absolute atomic E-state index is 0.485. The topological polar surface area (TPSA) is 12.0 Å². The van der Waals surface area contributed by atoms with Crippen LogP contribution in [0, 0.1) is 11.3 Å². The van der Waals surface area contributed by atoms with Crippen molar-refractivity contribution in [2.75, 3.05) is 12.3 Å². The average molecular weight is 286 g/mol. The van der Waals surface area contributed by atoms with Gasteiger partial charge in [-0.3, -0.25) is 0 Å². The van der Waals surface area contributed by atoms with E-state index in [4.69, 9.17) is 0 Å². The van der Waals surface area contributed by atoms with Crippen molar-refractivity contribution in [1.82, 2.24) is 5.32 Å². The summed E-state index contributed by atoms with van der Waals surface area (Å²) in [5.41, 5.74) is 0.485. The van der Waals surface area contributed by atoms with Gasteiger partial charge in [0, 0.05) is 11.3 Å². The molecular formula is C17H35NS. The van der Waals surface area contributed by atoms with Crippen molar-refractivity contribution >= 4 is 11.8 Å². The SMILES string of the molecule is CCCCSC1CC(C(C)(C)C)CCC1NCCC. The molecule has 0 spiro atoms. The number of rotatable bonds is 7. The van der Waals surface area contributed by atoms with Gasteiger partial charge in [0.25, 0.3) is 0 Å². The standard InChI is InChI=1S/C17H35NS/c1-6-8-12-19-16-13-14(17(3,4)5)9-10-15(16)18-11-7-2/h14-16,18H,6-13H2,1-5H3. The first-order valence-corrected chi connectivity index (χ1v) is 9.38. The van der Waals surface area contributed by atoms with Crippen molar-refractivity contribution in [1.29, 1.82) is 0 Å². The molecule has 0 saturated heterocycles. The van der Waals surface area contributed by atoms with E-state index in [0.29, 0.717) is 5.41 Å². The van der Waals surface area contributed by atoms with E-state index in [0.717, 1.165) is 17.2 Å². The highest BCUT2D eigenvalue weighted by atomic mass is 32.2. The molecule has 1 nitrogen and oxygen atoms in total. The number of hydrogen-bond acceptors (Lipinski definition) is 2. The number of nitrogens with one attached hydrogen (secondary N) is 1. The summed E-state index contributed by atoms with van der Waals surface area (Å²) < 4.78 is 0. The fourth-order valence-electron chi connectivity index (χ4n) is 3.04. The molecule has 0 heterocycles. The lowest BCUT2D eigenvalue weighted by molar-refractivity contribution is 0.165. The van der Waals surface area contributed by atoms with Crippen LogP contribution >= 0.6 is 11.8 Å². The van der Waals surface area contributed by atoms with Crippen LogP contribution in [0.5, 0.6) is 0 Å². The summed E-state index contributed by atoms with van der Waals surface area (Å²) in [7, 11) is 0. The number of hydrogen-bond donors (Lipinski definition) is 1. The van der Waals surface area contributed by atoms with Crippen molar-refractivity contribution in [3.8, 4) is 0 Å². The largest absolute Gasteiger partial charge is 0.313 e. The van der Waals surface area contributed by atoms with E-state index in [-0.39, 0.29) is 0 Å². The lowest BCUT2D eigenvalue weighted by Crippen LogP contribution is -2.45. The van der Waals surface area contributed by atoms with Gasteiger partial charge in [-0.25, -0.2) is 0 Å². The quantitative estimate of drug-likeness (QED) is 0.653. The van der Waals surface area contributed by atoms with Gasteiger partial charge in [-0.15, -0.1) is 0 Å². The third-order valence-corrected chi connectivity index (χ3v) is 5.98. The molecule has 1 fully saturated rings. The summed E-state index contributed by atoms with van der Waals surface area (Å²) in [6.07, 6.45) is 8.17. The van der Waals surface area contributed by atoms with Gasteiger partial charge in [0.05, 0.1) is 0 Å². The molecule has 1 rings (SSSR count). The van der Waals surface area contributed by atoms with E-state index < -0.39 is 0 Å². The Labute approximate surface area is 125 Å². The molecule has 114 valence electrons. The molecule has 0 radical (unpaired) electrons. The van der Waals surface area contributed by atoms with Gasteiger partial charge >= 0.3 is 0 Å². The molecule has 0 aromatic carbocycles. The maximum Gasteiger partial charge on any atom is 0.0204 e. The first kappa shape index (κ1) is 17.4. The van der Waals surface area contributed by atoms with Crippen LogP contribution in [0.1, 0.15) is 73.1 Å². The molecular weight excluding hydrogens is 250 g/mol. The first-order chi connectivity index (χ1) is 8.99. The Bertz CT molecular complexity index is 234. The molecule has 2 heteroatoms. The Balaban J connectivity index is 2.52. The second kappa shape index (κ2) is 8.56. The fraction of sp³-hybridized carbons (Fsp3) is 1.00. The van der Waals surface area contributed by atoms with Crippen molar-refractivity contribution < 1.29 is 0 Å². The van der Waals surface area contributed by atoms with Crippen LogP contribution in [-0.2, 0) is 0 Å². The Hall–Kier alpha value is 0.310. The zero-order valence-corrected chi connectivity index (χ0v) is 14.6. The Morgan fingerprint density at radius 3 is 2.42 bits per heavy atom. The maximum absolute atomic E-state index is 3.80. The Morgan fingerprint density at radius 2 is 1.84 bits per heavy atom. The lowest BCUT2D eigenvalue weighted by Gasteiger charge is -2.42. The first-order valence-electron chi connectivity index (χ1n) is 8.34. The van der Waals surface area contributed by atoms with E-state index in [1.165, 1.54) is 50.8 Å². The Morgan fingerprint density at radius 1 is 1.11 bits per heavy atom. The van der Waals surface area contributed by atoms with E-state index in [1.54, 1.807) is 0 Å². The van der Waals surface area contributed by atoms with Crippen LogP contribution < -0.4 is 5.32 Å². The van der Waals surface area contributed by atoms with E-state index >= 15 is 0 Å². The fourth-order valence-corrected chi connectivity index (χ4v) is 4.63. The zero-order valence-electron chi connectivity index (χ0n) is 13.8. The van der Waals surface area contributed by atoms with Gasteiger partial charge in [0.2, 0.25) is 0 Å². The summed E-state index contributed by atoms with van der Waals surface area (Å²) in [4.78, 5) is 0. The molecule has 19 heavy (non-hydrogen) atoms. The van der Waals surface area contributed by atoms with Crippen LogP contribution in [0.15, 0.2) is 0 Å². The summed E-state index contributed by atoms with van der Waals surface area (Å²) in [6.45, 7) is 13.0. The monoisotopic (exact) mass is 285 g/mol. The molecule has 0 bridgehead atoms. The van der Waals surface area contributed by atoms with Gasteiger partial charge in [-0.2, -0.15) is 11.8 Å². The Kier molecular flexibility index (Phi) is 7.83. The molecule has 1 aliphatic rings. The highest BCUT2D eigenvalue weighted by molar-refractivity contribution is 7.99. The van der Waals surface area contributed by atoms with Crippen LogP contribution in [0.2, 0.25) is 0 Å². The van der Waals surface area contributed by atoms with E-state index in [1.807, 2.05) is 0 Å². The third kappa shape index (κ3) is 6.08. The van der Waals surface area contributed by atoms with Crippen LogP contribution in [0.3, 0.4) is 0 Å². The molecule has 0 amide bonds. The molecule has 1 aliphatic carbocycles.